The van der Waals surface area contributed by atoms with Crippen LogP contribution in [0.3, 0.4) is 0 Å². The fourth-order valence-corrected chi connectivity index (χ4v) is 7.44. The first kappa shape index (κ1) is 30.9. The Bertz CT molecular complexity index is 1340. The largest absolute Gasteiger partial charge is 0.573 e. The van der Waals surface area contributed by atoms with E-state index >= 15 is 0 Å². The van der Waals surface area contributed by atoms with E-state index < -0.39 is 17.0 Å². The van der Waals surface area contributed by atoms with Gasteiger partial charge in [0.05, 0.1) is 31.4 Å². The zero-order valence-electron chi connectivity index (χ0n) is 24.3. The molecule has 2 aliphatic heterocycles. The first-order chi connectivity index (χ1) is 20.6. The molecule has 0 aliphatic carbocycles. The Morgan fingerprint density at radius 1 is 0.953 bits per heavy atom. The third-order valence-corrected chi connectivity index (χ3v) is 9.35. The van der Waals surface area contributed by atoms with Gasteiger partial charge >= 0.3 is 6.36 Å². The van der Waals surface area contributed by atoms with E-state index in [9.17, 15) is 22.8 Å². The van der Waals surface area contributed by atoms with Gasteiger partial charge in [0, 0.05) is 24.1 Å². The lowest BCUT2D eigenvalue weighted by Gasteiger charge is -2.37. The van der Waals surface area contributed by atoms with Crippen molar-refractivity contribution in [3.63, 3.8) is 0 Å². The zero-order chi connectivity index (χ0) is 30.6. The molecule has 2 saturated heterocycles. The Hall–Kier alpha value is -3.50. The molecule has 3 aromatic carbocycles. The second-order valence-electron chi connectivity index (χ2n) is 11.5. The van der Waals surface area contributed by atoms with E-state index in [-0.39, 0.29) is 35.9 Å². The molecule has 2 amide bonds. The summed E-state index contributed by atoms with van der Waals surface area (Å²) >= 11 is 1.33. The van der Waals surface area contributed by atoms with Gasteiger partial charge in [-0.05, 0) is 23.6 Å². The number of rotatable bonds is 9. The Morgan fingerprint density at radius 2 is 1.56 bits per heavy atom. The lowest BCUT2D eigenvalue weighted by Crippen LogP contribution is -3.15. The molecular formula is C33H37F3N3O3S+. The van der Waals surface area contributed by atoms with Gasteiger partial charge in [-0.1, -0.05) is 86.6 Å². The average molecular weight is 613 g/mol. The molecule has 0 spiro atoms. The van der Waals surface area contributed by atoms with Crippen LogP contribution in [0.25, 0.3) is 0 Å². The third kappa shape index (κ3) is 7.72. The zero-order valence-corrected chi connectivity index (χ0v) is 25.1. The number of quaternary nitrogens is 1. The summed E-state index contributed by atoms with van der Waals surface area (Å²) in [5.41, 5.74) is 3.01. The molecule has 2 heterocycles. The summed E-state index contributed by atoms with van der Waals surface area (Å²) in [5, 5.41) is -1.10. The van der Waals surface area contributed by atoms with Crippen molar-refractivity contribution < 1.29 is 32.4 Å². The van der Waals surface area contributed by atoms with Crippen molar-refractivity contribution in [1.29, 1.82) is 0 Å². The summed E-state index contributed by atoms with van der Waals surface area (Å²) in [6.07, 6.45) is -4.75. The molecule has 3 aromatic rings. The van der Waals surface area contributed by atoms with Crippen LogP contribution in [0.1, 0.15) is 48.4 Å². The lowest BCUT2D eigenvalue weighted by atomic mass is 9.96. The molecule has 2 aliphatic rings. The molecule has 0 radical (unpaired) electrons. The Morgan fingerprint density at radius 3 is 2.12 bits per heavy atom. The molecule has 5 rings (SSSR count). The number of alkyl halides is 3. The van der Waals surface area contributed by atoms with Crippen LogP contribution in [0.2, 0.25) is 0 Å². The predicted molar refractivity (Wildman–Crippen MR) is 160 cm³/mol. The van der Waals surface area contributed by atoms with Crippen molar-refractivity contribution in [3.8, 4) is 5.75 Å². The predicted octanol–water partition coefficient (Wildman–Crippen LogP) is 5.09. The van der Waals surface area contributed by atoms with Gasteiger partial charge < -0.3 is 19.4 Å². The van der Waals surface area contributed by atoms with Gasteiger partial charge in [-0.25, -0.2) is 0 Å². The van der Waals surface area contributed by atoms with Crippen LogP contribution in [-0.4, -0.2) is 66.0 Å². The summed E-state index contributed by atoms with van der Waals surface area (Å²) in [7, 11) is 0. The van der Waals surface area contributed by atoms with E-state index in [0.29, 0.717) is 25.2 Å². The average Bonchev–Trinajstić information content (AvgIpc) is 3.28. The van der Waals surface area contributed by atoms with Crippen molar-refractivity contribution in [1.82, 2.24) is 9.80 Å². The van der Waals surface area contributed by atoms with E-state index in [1.807, 2.05) is 30.9 Å². The minimum absolute atomic E-state index is 0.0590. The second-order valence-corrected chi connectivity index (χ2v) is 12.8. The molecule has 43 heavy (non-hydrogen) atoms. The summed E-state index contributed by atoms with van der Waals surface area (Å²) in [6, 6.07) is 26.8. The number of nitrogens with zero attached hydrogens (tertiary/aromatic N) is 2. The molecule has 2 fully saturated rings. The highest BCUT2D eigenvalue weighted by Gasteiger charge is 2.43. The third-order valence-electron chi connectivity index (χ3n) is 7.87. The van der Waals surface area contributed by atoms with Gasteiger partial charge in [0.2, 0.25) is 11.8 Å². The van der Waals surface area contributed by atoms with Crippen LogP contribution >= 0.6 is 11.8 Å². The number of ether oxygens (including phenoxy) is 1. The topological polar surface area (TPSA) is 54.3 Å². The molecule has 6 nitrogen and oxygen atoms in total. The van der Waals surface area contributed by atoms with Crippen LogP contribution in [0, 0.1) is 5.92 Å². The number of piperazine rings is 1. The van der Waals surface area contributed by atoms with Crippen molar-refractivity contribution in [3.05, 3.63) is 102 Å². The highest BCUT2D eigenvalue weighted by molar-refractivity contribution is 8.01. The van der Waals surface area contributed by atoms with E-state index in [1.54, 1.807) is 11.0 Å². The Kier molecular flexibility index (Phi) is 9.66. The maximum absolute atomic E-state index is 13.5. The molecular weight excluding hydrogens is 575 g/mol. The monoisotopic (exact) mass is 612 g/mol. The smallest absolute Gasteiger partial charge is 0.406 e. The second kappa shape index (κ2) is 13.4. The van der Waals surface area contributed by atoms with Gasteiger partial charge in [0.1, 0.15) is 17.2 Å². The molecule has 0 saturated carbocycles. The number of halogens is 3. The minimum atomic E-state index is -4.81. The van der Waals surface area contributed by atoms with Crippen molar-refractivity contribution in [2.45, 2.75) is 43.3 Å². The van der Waals surface area contributed by atoms with Crippen molar-refractivity contribution >= 4 is 23.6 Å². The van der Waals surface area contributed by atoms with Crippen LogP contribution < -0.4 is 9.64 Å². The molecule has 10 heteroatoms. The number of carbonyl (C=O) groups is 2. The van der Waals surface area contributed by atoms with Gasteiger partial charge in [0.25, 0.3) is 0 Å². The van der Waals surface area contributed by atoms with E-state index in [4.69, 9.17) is 0 Å². The minimum Gasteiger partial charge on any atom is -0.406 e. The van der Waals surface area contributed by atoms with Crippen LogP contribution in [0.4, 0.5) is 13.2 Å². The van der Waals surface area contributed by atoms with Crippen molar-refractivity contribution in [2.24, 2.45) is 5.92 Å². The summed E-state index contributed by atoms with van der Waals surface area (Å²) < 4.78 is 42.7. The van der Waals surface area contributed by atoms with Gasteiger partial charge in [-0.3, -0.25) is 9.59 Å². The normalized spacial score (nSPS) is 19.8. The summed E-state index contributed by atoms with van der Waals surface area (Å²) in [6.45, 7) is 7.14. The molecule has 228 valence electrons. The molecule has 2 unspecified atom stereocenters. The molecule has 0 bridgehead atoms. The first-order valence-corrected chi connectivity index (χ1v) is 15.6. The summed E-state index contributed by atoms with van der Waals surface area (Å²) in [5.74, 6) is -0.405. The Labute approximate surface area is 254 Å². The number of amides is 2. The molecule has 2 atom stereocenters. The number of benzene rings is 3. The fourth-order valence-electron chi connectivity index (χ4n) is 6.00. The van der Waals surface area contributed by atoms with Gasteiger partial charge in [-0.2, -0.15) is 0 Å². The lowest BCUT2D eigenvalue weighted by molar-refractivity contribution is -0.929. The number of nitrogens with one attached hydrogen (secondary N) is 1. The quantitative estimate of drug-likeness (QED) is 0.366. The van der Waals surface area contributed by atoms with E-state index in [1.165, 1.54) is 46.0 Å². The highest BCUT2D eigenvalue weighted by atomic mass is 32.2. The molecule has 1 N–H and O–H groups in total. The standard InChI is InChI=1S/C33H36F3N3O3S/c1-23(2)22-39-31(41)28(43-32(39)26-14-9-15-27(20-26)42-33(34,35)36)21-29(40)37-16-18-38(19-17-37)30(24-10-5-3-6-11-24)25-12-7-4-8-13-25/h3-15,20,23,28,30,32H,16-19,21-22H2,1-2H3/p+1. The van der Waals surface area contributed by atoms with E-state index in [2.05, 4.69) is 53.3 Å². The first-order valence-electron chi connectivity index (χ1n) is 14.6. The number of carbonyl (C=O) groups excluding carboxylic acids is 2. The maximum Gasteiger partial charge on any atom is 0.573 e. The SMILES string of the molecule is CC(C)CN1C(=O)C(CC(=O)N2CC[NH+](C(c3ccccc3)c3ccccc3)CC2)SC1c1cccc(OC(F)(F)F)c1. The summed E-state index contributed by atoms with van der Waals surface area (Å²) in [4.78, 5) is 31.9. The van der Waals surface area contributed by atoms with Crippen LogP contribution in [0.5, 0.6) is 5.75 Å². The highest BCUT2D eigenvalue weighted by Crippen LogP contribution is 2.45. The van der Waals surface area contributed by atoms with Crippen LogP contribution in [0.15, 0.2) is 84.9 Å². The number of hydrogen-bond donors (Lipinski definition) is 1. The number of hydrogen-bond acceptors (Lipinski definition) is 4. The van der Waals surface area contributed by atoms with Gasteiger partial charge in [-0.15, -0.1) is 24.9 Å². The fraction of sp³-hybridized carbons (Fsp3) is 0.394. The van der Waals surface area contributed by atoms with Crippen molar-refractivity contribution in [2.75, 3.05) is 32.7 Å². The molecule has 0 aromatic heterocycles. The maximum atomic E-state index is 13.5. The van der Waals surface area contributed by atoms with Gasteiger partial charge in [0.15, 0.2) is 0 Å². The Balaban J connectivity index is 1.25. The van der Waals surface area contributed by atoms with E-state index in [0.717, 1.165) is 13.1 Å². The number of thioether (sulfide) groups is 1. The van der Waals surface area contributed by atoms with Crippen LogP contribution in [-0.2, 0) is 9.59 Å².